The molecule has 1 aromatic carbocycles. The maximum atomic E-state index is 3.80. The van der Waals surface area contributed by atoms with Gasteiger partial charge in [-0.2, -0.15) is 0 Å². The second-order valence-electron chi connectivity index (χ2n) is 6.01. The molecular weight excluding hydrogens is 208 g/mol. The third kappa shape index (κ3) is 1.43. The lowest BCUT2D eigenvalue weighted by Gasteiger charge is -2.28. The van der Waals surface area contributed by atoms with Crippen LogP contribution in [0.25, 0.3) is 0 Å². The van der Waals surface area contributed by atoms with Gasteiger partial charge in [0.2, 0.25) is 0 Å². The fraction of sp³-hybridized carbons (Fsp3) is 0.600. The van der Waals surface area contributed by atoms with Crippen molar-refractivity contribution in [3.05, 3.63) is 29.3 Å². The summed E-state index contributed by atoms with van der Waals surface area (Å²) >= 11 is 0. The molecule has 2 nitrogen and oxygen atoms in total. The SMILES string of the molecule is Cc1ccc2c(c1)C1CN3CCC(CC3)C1N2. The van der Waals surface area contributed by atoms with E-state index in [2.05, 4.69) is 35.3 Å². The van der Waals surface area contributed by atoms with E-state index in [1.165, 1.54) is 43.7 Å². The molecule has 1 N–H and O–H groups in total. The van der Waals surface area contributed by atoms with Crippen LogP contribution < -0.4 is 5.32 Å². The van der Waals surface area contributed by atoms with Crippen LogP contribution in [-0.4, -0.2) is 30.6 Å². The largest absolute Gasteiger partial charge is 0.381 e. The van der Waals surface area contributed by atoms with Gasteiger partial charge in [0.05, 0.1) is 0 Å². The van der Waals surface area contributed by atoms with Crippen LogP contribution >= 0.6 is 0 Å². The van der Waals surface area contributed by atoms with Crippen molar-refractivity contribution in [3.63, 3.8) is 0 Å². The van der Waals surface area contributed by atoms with Gasteiger partial charge in [0.15, 0.2) is 0 Å². The third-order valence-corrected chi connectivity index (χ3v) is 4.96. The molecule has 5 rings (SSSR count). The molecule has 2 heteroatoms. The van der Waals surface area contributed by atoms with Gasteiger partial charge in [-0.15, -0.1) is 0 Å². The van der Waals surface area contributed by atoms with Crippen molar-refractivity contribution < 1.29 is 0 Å². The molecule has 0 aromatic heterocycles. The summed E-state index contributed by atoms with van der Waals surface area (Å²) in [5.41, 5.74) is 4.38. The highest BCUT2D eigenvalue weighted by Crippen LogP contribution is 2.44. The lowest BCUT2D eigenvalue weighted by Crippen LogP contribution is -2.33. The quantitative estimate of drug-likeness (QED) is 0.734. The van der Waals surface area contributed by atoms with Gasteiger partial charge >= 0.3 is 0 Å². The molecular formula is C15H20N2. The Morgan fingerprint density at radius 2 is 2.06 bits per heavy atom. The summed E-state index contributed by atoms with van der Waals surface area (Å²) in [5.74, 6) is 1.63. The molecule has 4 aliphatic heterocycles. The molecule has 2 unspecified atom stereocenters. The van der Waals surface area contributed by atoms with E-state index in [-0.39, 0.29) is 0 Å². The van der Waals surface area contributed by atoms with Gasteiger partial charge < -0.3 is 10.2 Å². The van der Waals surface area contributed by atoms with Gasteiger partial charge in [-0.3, -0.25) is 0 Å². The molecule has 90 valence electrons. The summed E-state index contributed by atoms with van der Waals surface area (Å²) < 4.78 is 0. The number of rotatable bonds is 0. The first kappa shape index (κ1) is 9.95. The number of hydrogen-bond donors (Lipinski definition) is 1. The van der Waals surface area contributed by atoms with Crippen LogP contribution in [0.1, 0.15) is 29.9 Å². The summed E-state index contributed by atoms with van der Waals surface area (Å²) in [6.45, 7) is 6.12. The summed E-state index contributed by atoms with van der Waals surface area (Å²) in [7, 11) is 0. The third-order valence-electron chi connectivity index (χ3n) is 4.96. The van der Waals surface area contributed by atoms with E-state index in [1.807, 2.05) is 0 Å². The minimum atomic E-state index is 0.708. The zero-order valence-electron chi connectivity index (χ0n) is 10.4. The van der Waals surface area contributed by atoms with E-state index in [0.29, 0.717) is 6.04 Å². The van der Waals surface area contributed by atoms with Crippen LogP contribution in [-0.2, 0) is 0 Å². The van der Waals surface area contributed by atoms with Crippen LogP contribution in [0.4, 0.5) is 5.69 Å². The molecule has 0 spiro atoms. The fourth-order valence-electron chi connectivity index (χ4n) is 4.03. The highest BCUT2D eigenvalue weighted by Gasteiger charge is 2.42. The lowest BCUT2D eigenvalue weighted by molar-refractivity contribution is 0.220. The van der Waals surface area contributed by atoms with Crippen molar-refractivity contribution in [3.8, 4) is 0 Å². The van der Waals surface area contributed by atoms with Crippen LogP contribution in [0.5, 0.6) is 0 Å². The van der Waals surface area contributed by atoms with Crippen molar-refractivity contribution in [1.82, 2.24) is 4.90 Å². The molecule has 0 radical (unpaired) electrons. The van der Waals surface area contributed by atoms with Crippen LogP contribution in [0, 0.1) is 12.8 Å². The summed E-state index contributed by atoms with van der Waals surface area (Å²) in [6.07, 6.45) is 2.78. The van der Waals surface area contributed by atoms with Gasteiger partial charge in [0.1, 0.15) is 0 Å². The number of fused-ring (bicyclic) bond motifs is 3. The van der Waals surface area contributed by atoms with Gasteiger partial charge in [0.25, 0.3) is 0 Å². The van der Waals surface area contributed by atoms with E-state index in [4.69, 9.17) is 0 Å². The van der Waals surface area contributed by atoms with Crippen molar-refractivity contribution in [2.75, 3.05) is 25.0 Å². The number of benzene rings is 1. The van der Waals surface area contributed by atoms with Crippen molar-refractivity contribution in [2.45, 2.75) is 31.7 Å². The number of anilines is 1. The minimum Gasteiger partial charge on any atom is -0.381 e. The highest BCUT2D eigenvalue weighted by atomic mass is 15.2. The topological polar surface area (TPSA) is 15.3 Å². The maximum Gasteiger partial charge on any atom is 0.0379 e. The molecule has 2 bridgehead atoms. The number of aryl methyl sites for hydroxylation is 1. The Bertz CT molecular complexity index is 446. The van der Waals surface area contributed by atoms with E-state index in [1.54, 1.807) is 5.56 Å². The van der Waals surface area contributed by atoms with E-state index in [9.17, 15) is 0 Å². The van der Waals surface area contributed by atoms with E-state index < -0.39 is 0 Å². The average molecular weight is 228 g/mol. The van der Waals surface area contributed by atoms with Crippen molar-refractivity contribution in [1.29, 1.82) is 0 Å². The smallest absolute Gasteiger partial charge is 0.0379 e. The zero-order valence-corrected chi connectivity index (χ0v) is 10.4. The van der Waals surface area contributed by atoms with Crippen molar-refractivity contribution >= 4 is 5.69 Å². The summed E-state index contributed by atoms with van der Waals surface area (Å²) in [5, 5.41) is 3.80. The van der Waals surface area contributed by atoms with Crippen molar-refractivity contribution in [2.24, 2.45) is 5.92 Å². The second-order valence-corrected chi connectivity index (χ2v) is 6.01. The molecule has 0 amide bonds. The Morgan fingerprint density at radius 3 is 2.88 bits per heavy atom. The number of piperidine rings is 1. The predicted molar refractivity (Wildman–Crippen MR) is 70.5 cm³/mol. The predicted octanol–water partition coefficient (Wildman–Crippen LogP) is 2.60. The van der Waals surface area contributed by atoms with E-state index >= 15 is 0 Å². The maximum absolute atomic E-state index is 3.80. The molecule has 0 saturated carbocycles. The Balaban J connectivity index is 1.78. The first-order chi connectivity index (χ1) is 8.31. The summed E-state index contributed by atoms with van der Waals surface area (Å²) in [4.78, 5) is 2.67. The Kier molecular flexibility index (Phi) is 2.04. The normalized spacial score (nSPS) is 38.2. The molecule has 0 aliphatic carbocycles. The van der Waals surface area contributed by atoms with Crippen LogP contribution in [0.2, 0.25) is 0 Å². The molecule has 4 aliphatic rings. The van der Waals surface area contributed by atoms with Crippen LogP contribution in [0.3, 0.4) is 0 Å². The fourth-order valence-corrected chi connectivity index (χ4v) is 4.03. The van der Waals surface area contributed by atoms with E-state index in [0.717, 1.165) is 11.8 Å². The second kappa shape index (κ2) is 3.49. The number of hydrogen-bond acceptors (Lipinski definition) is 2. The van der Waals surface area contributed by atoms with Crippen LogP contribution in [0.15, 0.2) is 18.2 Å². The monoisotopic (exact) mass is 228 g/mol. The molecule has 1 aromatic rings. The standard InChI is InChI=1S/C15H20N2/c1-10-2-3-14-12(8-10)13-9-17-6-4-11(5-7-17)15(13)16-14/h2-3,8,11,13,15-16H,4-7,9H2,1H3. The van der Waals surface area contributed by atoms with Gasteiger partial charge in [-0.25, -0.2) is 0 Å². The highest BCUT2D eigenvalue weighted by molar-refractivity contribution is 5.61. The van der Waals surface area contributed by atoms with Gasteiger partial charge in [0, 0.05) is 24.2 Å². The molecule has 4 heterocycles. The average Bonchev–Trinajstić information content (AvgIpc) is 2.51. The minimum absolute atomic E-state index is 0.708. The molecule has 3 saturated heterocycles. The molecule has 3 fully saturated rings. The molecule has 17 heavy (non-hydrogen) atoms. The Hall–Kier alpha value is -1.02. The Morgan fingerprint density at radius 1 is 1.24 bits per heavy atom. The first-order valence-electron chi connectivity index (χ1n) is 6.91. The number of nitrogens with zero attached hydrogens (tertiary/aromatic N) is 1. The number of nitrogens with one attached hydrogen (secondary N) is 1. The lowest BCUT2D eigenvalue weighted by atomic mass is 9.85. The first-order valence-corrected chi connectivity index (χ1v) is 6.91. The zero-order chi connectivity index (χ0) is 11.4. The van der Waals surface area contributed by atoms with Gasteiger partial charge in [-0.05, 0) is 50.4 Å². The summed E-state index contributed by atoms with van der Waals surface area (Å²) in [6, 6.07) is 7.62. The molecule has 2 atom stereocenters. The Labute approximate surface area is 103 Å². The van der Waals surface area contributed by atoms with Gasteiger partial charge in [-0.1, -0.05) is 17.7 Å².